The minimum atomic E-state index is -4.66. The second-order valence-electron chi connectivity index (χ2n) is 7.15. The molecule has 3 aromatic rings. The number of rotatable bonds is 5. The van der Waals surface area contributed by atoms with Gasteiger partial charge < -0.3 is 9.47 Å². The lowest BCUT2D eigenvalue weighted by Gasteiger charge is -2.22. The Morgan fingerprint density at radius 2 is 1.67 bits per heavy atom. The predicted molar refractivity (Wildman–Crippen MR) is 114 cm³/mol. The first-order chi connectivity index (χ1) is 14.1. The van der Waals surface area contributed by atoms with Crippen LogP contribution in [-0.2, 0) is 19.3 Å². The van der Waals surface area contributed by atoms with Gasteiger partial charge in [-0.2, -0.15) is 13.2 Å². The summed E-state index contributed by atoms with van der Waals surface area (Å²) in [5.74, 6) is 0. The van der Waals surface area contributed by atoms with E-state index in [1.807, 2.05) is 0 Å². The van der Waals surface area contributed by atoms with E-state index in [0.717, 1.165) is 6.07 Å². The molecule has 2 aromatic carbocycles. The molecule has 30 heavy (non-hydrogen) atoms. The normalized spacial score (nSPS) is 11.9. The topological polar surface area (TPSA) is 25.2 Å². The monoisotopic (exact) mass is 454 g/mol. The van der Waals surface area contributed by atoms with Crippen molar-refractivity contribution in [2.45, 2.75) is 19.3 Å². The van der Waals surface area contributed by atoms with Crippen LogP contribution in [0.15, 0.2) is 59.4 Å². The summed E-state index contributed by atoms with van der Waals surface area (Å²) in [5.41, 5.74) is -0.696. The van der Waals surface area contributed by atoms with Gasteiger partial charge in [0.15, 0.2) is 0 Å². The Hall–Kier alpha value is -2.28. The Morgan fingerprint density at radius 3 is 2.23 bits per heavy atom. The van der Waals surface area contributed by atoms with Crippen molar-refractivity contribution in [2.24, 2.45) is 0 Å². The summed E-state index contributed by atoms with van der Waals surface area (Å²) in [7, 11) is 3.23. The summed E-state index contributed by atoms with van der Waals surface area (Å²) in [4.78, 5) is 14.9. The van der Waals surface area contributed by atoms with Crippen molar-refractivity contribution in [3.8, 4) is 11.3 Å². The van der Waals surface area contributed by atoms with E-state index in [9.17, 15) is 18.0 Å². The van der Waals surface area contributed by atoms with Gasteiger partial charge >= 0.3 is 6.18 Å². The minimum Gasteiger partial charge on any atom is -0.305 e. The maximum absolute atomic E-state index is 13.8. The Labute approximate surface area is 182 Å². The van der Waals surface area contributed by atoms with Gasteiger partial charge in [-0.3, -0.25) is 4.79 Å². The number of hydrogen-bond donors (Lipinski definition) is 0. The summed E-state index contributed by atoms with van der Waals surface area (Å²) in [6.45, 7) is -0.130. The number of nitrogens with zero attached hydrogens (tertiary/aromatic N) is 2. The molecule has 0 aliphatic heterocycles. The van der Waals surface area contributed by atoms with Crippen LogP contribution >= 0.6 is 23.2 Å². The Morgan fingerprint density at radius 1 is 1.00 bits per heavy atom. The molecule has 0 saturated carbocycles. The summed E-state index contributed by atoms with van der Waals surface area (Å²) in [5, 5.41) is 0.766. The first-order valence-corrected chi connectivity index (χ1v) is 9.81. The van der Waals surface area contributed by atoms with E-state index in [-0.39, 0.29) is 24.3 Å². The van der Waals surface area contributed by atoms with Crippen LogP contribution < -0.4 is 5.56 Å². The van der Waals surface area contributed by atoms with Crippen LogP contribution in [0.4, 0.5) is 13.2 Å². The molecule has 158 valence electrons. The third-order valence-corrected chi connectivity index (χ3v) is 5.18. The van der Waals surface area contributed by atoms with Crippen LogP contribution in [0, 0.1) is 0 Å². The summed E-state index contributed by atoms with van der Waals surface area (Å²) < 4.78 is 42.8. The lowest BCUT2D eigenvalue weighted by molar-refractivity contribution is -0.138. The Bertz CT molecular complexity index is 1110. The van der Waals surface area contributed by atoms with Gasteiger partial charge in [0.1, 0.15) is 0 Å². The summed E-state index contributed by atoms with van der Waals surface area (Å²) in [6.07, 6.45) is -4.66. The third-order valence-electron chi connectivity index (χ3n) is 4.59. The average Bonchev–Trinajstić information content (AvgIpc) is 2.66. The van der Waals surface area contributed by atoms with Gasteiger partial charge in [-0.15, -0.1) is 0 Å². The quantitative estimate of drug-likeness (QED) is 0.475. The zero-order valence-corrected chi connectivity index (χ0v) is 17.8. The van der Waals surface area contributed by atoms with Crippen LogP contribution in [0.3, 0.4) is 0 Å². The molecule has 3 rings (SSSR count). The van der Waals surface area contributed by atoms with Crippen molar-refractivity contribution < 1.29 is 13.2 Å². The SMILES string of the molecule is CN(C)Cc1c(C(F)(F)F)cc(-c2ccccc2)n(Cc2ccc(Cl)cc2Cl)c1=O. The minimum absolute atomic E-state index is 0.0115. The number of alkyl halides is 3. The van der Waals surface area contributed by atoms with Crippen molar-refractivity contribution in [3.05, 3.63) is 91.7 Å². The van der Waals surface area contributed by atoms with Crippen LogP contribution in [-0.4, -0.2) is 23.6 Å². The summed E-state index contributed by atoms with van der Waals surface area (Å²) in [6, 6.07) is 14.4. The smallest absolute Gasteiger partial charge is 0.305 e. The molecule has 8 heteroatoms. The third kappa shape index (κ3) is 4.89. The Balaban J connectivity index is 2.31. The van der Waals surface area contributed by atoms with Gasteiger partial charge in [0.05, 0.1) is 17.8 Å². The number of halogens is 5. The lowest BCUT2D eigenvalue weighted by Crippen LogP contribution is -2.32. The molecule has 0 fully saturated rings. The van der Waals surface area contributed by atoms with Gasteiger partial charge in [-0.25, -0.2) is 0 Å². The van der Waals surface area contributed by atoms with Crippen LogP contribution in [0.1, 0.15) is 16.7 Å². The fraction of sp³-hybridized carbons (Fsp3) is 0.227. The number of pyridine rings is 1. The molecule has 0 radical (unpaired) electrons. The van der Waals surface area contributed by atoms with Gasteiger partial charge in [-0.1, -0.05) is 59.6 Å². The maximum atomic E-state index is 13.8. The molecule has 0 atom stereocenters. The van der Waals surface area contributed by atoms with Crippen LogP contribution in [0.25, 0.3) is 11.3 Å². The molecule has 3 nitrogen and oxygen atoms in total. The fourth-order valence-corrected chi connectivity index (χ4v) is 3.70. The molecule has 0 bridgehead atoms. The first kappa shape index (κ1) is 22.4. The van der Waals surface area contributed by atoms with E-state index in [2.05, 4.69) is 0 Å². The molecule has 1 aromatic heterocycles. The number of aromatic nitrogens is 1. The van der Waals surface area contributed by atoms with Gasteiger partial charge in [0.25, 0.3) is 5.56 Å². The van der Waals surface area contributed by atoms with Gasteiger partial charge in [0.2, 0.25) is 0 Å². The molecule has 0 N–H and O–H groups in total. The highest BCUT2D eigenvalue weighted by Gasteiger charge is 2.36. The van der Waals surface area contributed by atoms with Gasteiger partial charge in [-0.05, 0) is 43.4 Å². The van der Waals surface area contributed by atoms with E-state index in [4.69, 9.17) is 23.2 Å². The molecular weight excluding hydrogens is 436 g/mol. The summed E-state index contributed by atoms with van der Waals surface area (Å²) >= 11 is 12.2. The second-order valence-corrected chi connectivity index (χ2v) is 7.99. The highest BCUT2D eigenvalue weighted by Crippen LogP contribution is 2.34. The van der Waals surface area contributed by atoms with Crippen molar-refractivity contribution in [2.75, 3.05) is 14.1 Å². The average molecular weight is 455 g/mol. The van der Waals surface area contributed by atoms with Crippen molar-refractivity contribution in [1.82, 2.24) is 9.47 Å². The molecule has 0 saturated heterocycles. The zero-order valence-electron chi connectivity index (χ0n) is 16.3. The molecule has 0 spiro atoms. The molecule has 0 aliphatic carbocycles. The van der Waals surface area contributed by atoms with E-state index < -0.39 is 17.3 Å². The number of hydrogen-bond acceptors (Lipinski definition) is 2. The standard InChI is InChI=1S/C22H19Cl2F3N2O/c1-28(2)13-17-18(22(25,26)27)11-20(14-6-4-3-5-7-14)29(21(17)30)12-15-8-9-16(23)10-19(15)24/h3-11H,12-13H2,1-2H3. The molecule has 0 unspecified atom stereocenters. The second kappa shape index (κ2) is 8.84. The predicted octanol–water partition coefficient (Wildman–Crippen LogP) is 5.95. The van der Waals surface area contributed by atoms with E-state index in [1.54, 1.807) is 56.6 Å². The molecular formula is C22H19Cl2F3N2O. The zero-order chi connectivity index (χ0) is 22.1. The van der Waals surface area contributed by atoms with Crippen molar-refractivity contribution >= 4 is 23.2 Å². The molecule has 1 heterocycles. The number of benzene rings is 2. The van der Waals surface area contributed by atoms with Crippen molar-refractivity contribution in [1.29, 1.82) is 0 Å². The molecule has 0 amide bonds. The maximum Gasteiger partial charge on any atom is 0.416 e. The highest BCUT2D eigenvalue weighted by atomic mass is 35.5. The van der Waals surface area contributed by atoms with E-state index in [0.29, 0.717) is 21.2 Å². The highest BCUT2D eigenvalue weighted by molar-refractivity contribution is 6.35. The van der Waals surface area contributed by atoms with Crippen molar-refractivity contribution in [3.63, 3.8) is 0 Å². The van der Waals surface area contributed by atoms with Crippen LogP contribution in [0.5, 0.6) is 0 Å². The van der Waals surface area contributed by atoms with E-state index >= 15 is 0 Å². The lowest BCUT2D eigenvalue weighted by atomic mass is 10.0. The molecule has 0 aliphatic rings. The Kier molecular flexibility index (Phi) is 6.60. The van der Waals surface area contributed by atoms with Crippen LogP contribution in [0.2, 0.25) is 10.0 Å². The fourth-order valence-electron chi connectivity index (χ4n) is 3.24. The first-order valence-electron chi connectivity index (χ1n) is 9.06. The van der Waals surface area contributed by atoms with E-state index in [1.165, 1.54) is 15.5 Å². The van der Waals surface area contributed by atoms with Gasteiger partial charge in [0, 0.05) is 22.2 Å². The largest absolute Gasteiger partial charge is 0.416 e.